The molecule has 2 atom stereocenters. The summed E-state index contributed by atoms with van der Waals surface area (Å²) in [7, 11) is 1.50. The van der Waals surface area contributed by atoms with E-state index in [9.17, 15) is 19.0 Å². The number of phosphoric ester groups is 1. The van der Waals surface area contributed by atoms with Gasteiger partial charge >= 0.3 is 19.8 Å². The molecule has 382 valence electrons. The van der Waals surface area contributed by atoms with Gasteiger partial charge in [0.2, 0.25) is 0 Å². The van der Waals surface area contributed by atoms with Crippen LogP contribution in [0.4, 0.5) is 0 Å². The smallest absolute Gasteiger partial charge is 0.461 e. The fourth-order valence-corrected chi connectivity index (χ4v) is 9.17. The maximum atomic E-state index is 13.7. The first-order chi connectivity index (χ1) is 30.9. The van der Waals surface area contributed by atoms with Gasteiger partial charge in [0.15, 0.2) is 6.10 Å². The van der Waals surface area contributed by atoms with E-state index in [0.29, 0.717) is 11.0 Å². The fourth-order valence-electron chi connectivity index (χ4n) is 8.43. The van der Waals surface area contributed by atoms with E-state index in [4.69, 9.17) is 18.5 Å². The molecule has 1 N–H and O–H groups in total. The molecular weight excluding hydrogens is 822 g/mol. The summed E-state index contributed by atoms with van der Waals surface area (Å²) in [6.45, 7) is 6.74. The molecule has 0 radical (unpaired) electrons. The van der Waals surface area contributed by atoms with Crippen molar-refractivity contribution in [2.24, 2.45) is 5.92 Å². The van der Waals surface area contributed by atoms with Gasteiger partial charge in [-0.3, -0.25) is 18.6 Å². The molecule has 0 aliphatic carbocycles. The third-order valence-corrected chi connectivity index (χ3v) is 13.8. The zero-order chi connectivity index (χ0) is 47.3. The normalized spacial score (nSPS) is 13.4. The van der Waals surface area contributed by atoms with Crippen LogP contribution in [0.1, 0.15) is 278 Å². The highest BCUT2D eigenvalue weighted by atomic mass is 31.2. The lowest BCUT2D eigenvalue weighted by Gasteiger charge is -2.24. The number of nitrogens with zero attached hydrogens (tertiary/aromatic N) is 1. The number of rotatable bonds is 51. The number of hydrogen-bond donors (Lipinski definition) is 1. The van der Waals surface area contributed by atoms with Crippen LogP contribution < -0.4 is 0 Å². The van der Waals surface area contributed by atoms with Crippen molar-refractivity contribution in [3.63, 3.8) is 0 Å². The third-order valence-electron chi connectivity index (χ3n) is 12.8. The Hall–Kier alpha value is -0.990. The Bertz CT molecular complexity index is 1040. The van der Waals surface area contributed by atoms with E-state index in [1.54, 1.807) is 0 Å². The van der Waals surface area contributed by atoms with Gasteiger partial charge in [0.05, 0.1) is 33.7 Å². The number of likely N-dealkylation sites (N-methyl/N-ethyl adjacent to an activating group) is 1. The van der Waals surface area contributed by atoms with Gasteiger partial charge in [-0.05, 0) is 19.3 Å². The van der Waals surface area contributed by atoms with Crippen molar-refractivity contribution in [2.45, 2.75) is 284 Å². The Balaban J connectivity index is 5.12. The zero-order valence-electron chi connectivity index (χ0n) is 43.5. The van der Waals surface area contributed by atoms with Gasteiger partial charge in [0, 0.05) is 6.42 Å². The molecule has 0 aliphatic heterocycles. The number of esters is 2. The molecule has 0 saturated heterocycles. The van der Waals surface area contributed by atoms with Gasteiger partial charge in [-0.2, -0.15) is 0 Å². The second-order valence-electron chi connectivity index (χ2n) is 20.4. The van der Waals surface area contributed by atoms with Crippen LogP contribution in [0.5, 0.6) is 0 Å². The van der Waals surface area contributed by atoms with Crippen LogP contribution >= 0.6 is 7.82 Å². The molecule has 0 saturated carbocycles. The molecule has 1 unspecified atom stereocenters. The Morgan fingerprint density at radius 1 is 0.469 bits per heavy atom. The highest BCUT2D eigenvalue weighted by molar-refractivity contribution is 7.47. The Morgan fingerprint density at radius 3 is 1.14 bits per heavy atom. The van der Waals surface area contributed by atoms with Gasteiger partial charge < -0.3 is 18.9 Å². The Morgan fingerprint density at radius 2 is 0.797 bits per heavy atom. The minimum Gasteiger partial charge on any atom is -0.461 e. The maximum Gasteiger partial charge on any atom is 0.472 e. The first-order valence-corrected chi connectivity index (χ1v) is 29.2. The lowest BCUT2D eigenvalue weighted by atomic mass is 9.94. The number of carbonyl (C=O) groups excluding carboxylic acids is 2. The molecule has 0 amide bonds. The van der Waals surface area contributed by atoms with Crippen LogP contribution in [0.3, 0.4) is 0 Å². The average Bonchev–Trinajstić information content (AvgIpc) is 3.25. The number of phosphoric acid groups is 1. The lowest BCUT2D eigenvalue weighted by Crippen LogP contribution is -2.37. The van der Waals surface area contributed by atoms with E-state index in [0.717, 1.165) is 57.8 Å². The number of hydrogen-bond acceptors (Lipinski definition) is 7. The number of unbranched alkanes of at least 4 members (excludes halogenated alkanes) is 34. The molecule has 0 rings (SSSR count). The summed E-state index contributed by atoms with van der Waals surface area (Å²) < 4.78 is 35.6. The van der Waals surface area contributed by atoms with Crippen molar-refractivity contribution in [3.8, 4) is 0 Å². The van der Waals surface area contributed by atoms with Crippen LogP contribution in [-0.2, 0) is 32.7 Å². The highest BCUT2D eigenvalue weighted by Crippen LogP contribution is 2.43. The number of ether oxygens (including phenoxy) is 2. The standard InChI is InChI=1S/C54H108NO8P/c1-7-10-13-16-19-22-25-28-31-34-37-40-43-46-53(56)63-52(50-62-64(58,59)61-48-47-55(4,5)6)49-60-54(57)51(44-41-38-35-32-29-26-23-20-17-14-11-8-2)45-42-39-36-33-30-27-24-21-18-15-12-9-3/h51-52H,7-50H2,1-6H3/p+1/t52-/m1/s1. The monoisotopic (exact) mass is 931 g/mol. The molecule has 0 fully saturated rings. The van der Waals surface area contributed by atoms with E-state index in [2.05, 4.69) is 20.8 Å². The van der Waals surface area contributed by atoms with E-state index in [1.165, 1.54) is 193 Å². The lowest BCUT2D eigenvalue weighted by molar-refractivity contribution is -0.870. The Kier molecular flexibility index (Phi) is 45.1. The largest absolute Gasteiger partial charge is 0.472 e. The SMILES string of the molecule is CCCCCCCCCCCCCCCC(=O)O[C@H](COC(=O)C(CCCCCCCCCCCCCC)CCCCCCCCCCCCCC)COP(=O)(O)OCC[N+](C)(C)C. The quantitative estimate of drug-likeness (QED) is 0.0278. The van der Waals surface area contributed by atoms with Crippen LogP contribution in [-0.4, -0.2) is 74.9 Å². The second kappa shape index (κ2) is 45.8. The van der Waals surface area contributed by atoms with Gasteiger partial charge in [0.25, 0.3) is 0 Å². The van der Waals surface area contributed by atoms with Crippen molar-refractivity contribution < 1.29 is 42.1 Å². The number of carbonyl (C=O) groups is 2. The summed E-state index contributed by atoms with van der Waals surface area (Å²) in [5.41, 5.74) is 0. The van der Waals surface area contributed by atoms with Crippen LogP contribution in [0.25, 0.3) is 0 Å². The molecule has 9 nitrogen and oxygen atoms in total. The van der Waals surface area contributed by atoms with E-state index >= 15 is 0 Å². The minimum absolute atomic E-state index is 0.0374. The van der Waals surface area contributed by atoms with Crippen molar-refractivity contribution in [1.82, 2.24) is 0 Å². The van der Waals surface area contributed by atoms with Gasteiger partial charge in [-0.1, -0.05) is 252 Å². The first-order valence-electron chi connectivity index (χ1n) is 27.7. The topological polar surface area (TPSA) is 108 Å². The summed E-state index contributed by atoms with van der Waals surface area (Å²) in [6.07, 6.45) is 47.2. The molecule has 0 aromatic rings. The predicted octanol–water partition coefficient (Wildman–Crippen LogP) is 16.6. The maximum absolute atomic E-state index is 13.7. The van der Waals surface area contributed by atoms with Gasteiger partial charge in [0.1, 0.15) is 19.8 Å². The molecule has 0 aromatic heterocycles. The molecule has 0 spiro atoms. The summed E-state index contributed by atoms with van der Waals surface area (Å²) in [5, 5.41) is 0. The molecule has 0 bridgehead atoms. The van der Waals surface area contributed by atoms with Crippen LogP contribution in [0, 0.1) is 5.92 Å². The van der Waals surface area contributed by atoms with E-state index < -0.39 is 26.5 Å². The number of quaternary nitrogens is 1. The molecule has 0 heterocycles. The zero-order valence-corrected chi connectivity index (χ0v) is 44.4. The average molecular weight is 931 g/mol. The fraction of sp³-hybridized carbons (Fsp3) is 0.963. The molecule has 0 aromatic carbocycles. The minimum atomic E-state index is -4.41. The van der Waals surface area contributed by atoms with Crippen molar-refractivity contribution in [2.75, 3.05) is 47.5 Å². The third kappa shape index (κ3) is 46.1. The summed E-state index contributed by atoms with van der Waals surface area (Å²) in [5.74, 6) is -0.886. The van der Waals surface area contributed by atoms with Gasteiger partial charge in [-0.15, -0.1) is 0 Å². The Labute approximate surface area is 397 Å². The summed E-state index contributed by atoms with van der Waals surface area (Å²) >= 11 is 0. The summed E-state index contributed by atoms with van der Waals surface area (Å²) in [4.78, 5) is 37.2. The molecule has 0 aliphatic rings. The van der Waals surface area contributed by atoms with Crippen molar-refractivity contribution in [3.05, 3.63) is 0 Å². The summed E-state index contributed by atoms with van der Waals surface area (Å²) in [6, 6.07) is 0. The van der Waals surface area contributed by atoms with E-state index in [1.807, 2.05) is 21.1 Å². The predicted molar refractivity (Wildman–Crippen MR) is 271 cm³/mol. The molecular formula is C54H109NO8P+. The first kappa shape index (κ1) is 63.0. The van der Waals surface area contributed by atoms with Gasteiger partial charge in [-0.25, -0.2) is 4.57 Å². The van der Waals surface area contributed by atoms with E-state index in [-0.39, 0.29) is 31.5 Å². The van der Waals surface area contributed by atoms with Crippen LogP contribution in [0.2, 0.25) is 0 Å². The highest BCUT2D eigenvalue weighted by Gasteiger charge is 2.28. The molecule has 10 heteroatoms. The van der Waals surface area contributed by atoms with Crippen molar-refractivity contribution >= 4 is 19.8 Å². The molecule has 64 heavy (non-hydrogen) atoms. The van der Waals surface area contributed by atoms with Crippen LogP contribution in [0.15, 0.2) is 0 Å². The second-order valence-corrected chi connectivity index (χ2v) is 21.9. The van der Waals surface area contributed by atoms with Crippen molar-refractivity contribution in [1.29, 1.82) is 0 Å².